The predicted octanol–water partition coefficient (Wildman–Crippen LogP) is 5.74. The summed E-state index contributed by atoms with van der Waals surface area (Å²) in [6.45, 7) is 4.68. The summed E-state index contributed by atoms with van der Waals surface area (Å²) in [7, 11) is 0. The monoisotopic (exact) mass is 443 g/mol. The smallest absolute Gasteiger partial charge is 0.311 e. The number of phenols is 1. The van der Waals surface area contributed by atoms with Gasteiger partial charge in [-0.15, -0.1) is 11.8 Å². The lowest BCUT2D eigenvalue weighted by Crippen LogP contribution is -2.25. The lowest BCUT2D eigenvalue weighted by Gasteiger charge is -2.12. The van der Waals surface area contributed by atoms with Crippen LogP contribution in [0.15, 0.2) is 47.4 Å². The minimum absolute atomic E-state index is 0.202. The Hall–Kier alpha value is -2.47. The minimum atomic E-state index is -0.262. The van der Waals surface area contributed by atoms with Crippen molar-refractivity contribution in [2.75, 3.05) is 12.3 Å². The normalized spacial score (nSPS) is 10.6. The zero-order chi connectivity index (χ0) is 22.5. The highest BCUT2D eigenvalue weighted by atomic mass is 32.2. The molecule has 2 rings (SSSR count). The van der Waals surface area contributed by atoms with E-state index in [9.17, 15) is 14.7 Å². The fourth-order valence-electron chi connectivity index (χ4n) is 2.96. The second-order valence-electron chi connectivity index (χ2n) is 7.47. The number of thioether (sulfide) groups is 1. The van der Waals surface area contributed by atoms with Crippen molar-refractivity contribution in [1.29, 1.82) is 0 Å². The molecule has 0 atom stereocenters. The van der Waals surface area contributed by atoms with Crippen molar-refractivity contribution >= 4 is 23.6 Å². The van der Waals surface area contributed by atoms with Crippen LogP contribution < -0.4 is 10.1 Å². The Morgan fingerprint density at radius 1 is 1.00 bits per heavy atom. The maximum atomic E-state index is 12.6. The van der Waals surface area contributed by atoms with Crippen molar-refractivity contribution in [3.8, 4) is 11.5 Å². The van der Waals surface area contributed by atoms with Crippen molar-refractivity contribution in [3.63, 3.8) is 0 Å². The van der Waals surface area contributed by atoms with Gasteiger partial charge in [0.25, 0.3) is 5.91 Å². The summed E-state index contributed by atoms with van der Waals surface area (Å²) in [5.41, 5.74) is 1.50. The zero-order valence-corrected chi connectivity index (χ0v) is 19.3. The van der Waals surface area contributed by atoms with E-state index in [4.69, 9.17) is 4.74 Å². The summed E-state index contributed by atoms with van der Waals surface area (Å²) >= 11 is 1.66. The van der Waals surface area contributed by atoms with E-state index in [1.807, 2.05) is 25.1 Å². The molecule has 0 aromatic heterocycles. The van der Waals surface area contributed by atoms with Gasteiger partial charge in [-0.25, -0.2) is 0 Å². The third-order valence-electron chi connectivity index (χ3n) is 4.81. The summed E-state index contributed by atoms with van der Waals surface area (Å²) in [5.74, 6) is 1.18. The maximum absolute atomic E-state index is 12.6. The van der Waals surface area contributed by atoms with Gasteiger partial charge in [-0.05, 0) is 60.9 Å². The molecule has 0 spiro atoms. The number of unbranched alkanes of at least 4 members (excludes halogenated alkanes) is 3. The van der Waals surface area contributed by atoms with Crippen LogP contribution in [0, 0.1) is 0 Å². The Bertz CT molecular complexity index is 836. The number of nitrogens with one attached hydrogen (secondary N) is 1. The van der Waals surface area contributed by atoms with Crippen molar-refractivity contribution in [2.45, 2.75) is 63.7 Å². The van der Waals surface area contributed by atoms with Gasteiger partial charge in [-0.2, -0.15) is 0 Å². The molecule has 0 heterocycles. The van der Waals surface area contributed by atoms with Gasteiger partial charge in [0.2, 0.25) is 0 Å². The summed E-state index contributed by atoms with van der Waals surface area (Å²) < 4.78 is 5.62. The van der Waals surface area contributed by atoms with E-state index < -0.39 is 0 Å². The van der Waals surface area contributed by atoms with Gasteiger partial charge in [0, 0.05) is 18.5 Å². The standard InChI is InChI=1S/C25H33NO4S/c1-3-5-7-17-31-23-14-11-20(18-22(23)30-24(28)8-6-4-2)25(29)26-16-15-19-9-12-21(27)13-10-19/h9-14,18,27H,3-8,15-17H2,1-2H3,(H,26,29). The molecule has 0 saturated heterocycles. The Labute approximate surface area is 189 Å². The molecule has 2 aromatic carbocycles. The lowest BCUT2D eigenvalue weighted by molar-refractivity contribution is -0.134. The van der Waals surface area contributed by atoms with Crippen LogP contribution in [0.4, 0.5) is 0 Å². The van der Waals surface area contributed by atoms with Gasteiger partial charge in [-0.3, -0.25) is 9.59 Å². The average Bonchev–Trinajstić information content (AvgIpc) is 2.77. The number of esters is 1. The number of aromatic hydroxyl groups is 1. The van der Waals surface area contributed by atoms with Crippen molar-refractivity contribution in [1.82, 2.24) is 5.32 Å². The van der Waals surface area contributed by atoms with Crippen LogP contribution in [-0.2, 0) is 11.2 Å². The second-order valence-corrected chi connectivity index (χ2v) is 8.60. The Kier molecular flexibility index (Phi) is 11.0. The Morgan fingerprint density at radius 3 is 2.45 bits per heavy atom. The van der Waals surface area contributed by atoms with Gasteiger partial charge < -0.3 is 15.2 Å². The highest BCUT2D eigenvalue weighted by Gasteiger charge is 2.14. The van der Waals surface area contributed by atoms with Crippen molar-refractivity contribution in [3.05, 3.63) is 53.6 Å². The minimum Gasteiger partial charge on any atom is -0.508 e. The third kappa shape index (κ3) is 9.05. The molecule has 168 valence electrons. The molecule has 6 heteroatoms. The molecule has 0 aliphatic rings. The molecule has 0 fully saturated rings. The van der Waals surface area contributed by atoms with E-state index in [0.717, 1.165) is 41.9 Å². The van der Waals surface area contributed by atoms with Crippen LogP contribution in [0.5, 0.6) is 11.5 Å². The number of rotatable bonds is 13. The molecule has 0 aliphatic carbocycles. The third-order valence-corrected chi connectivity index (χ3v) is 5.95. The highest BCUT2D eigenvalue weighted by Crippen LogP contribution is 2.31. The summed E-state index contributed by atoms with van der Waals surface area (Å²) in [4.78, 5) is 25.7. The molecule has 0 aliphatic heterocycles. The molecular weight excluding hydrogens is 410 g/mol. The molecule has 0 bridgehead atoms. The summed E-state index contributed by atoms with van der Waals surface area (Å²) in [6.07, 6.45) is 6.18. The van der Waals surface area contributed by atoms with Crippen LogP contribution in [0.2, 0.25) is 0 Å². The van der Waals surface area contributed by atoms with Crippen LogP contribution in [0.3, 0.4) is 0 Å². The largest absolute Gasteiger partial charge is 0.508 e. The fourth-order valence-corrected chi connectivity index (χ4v) is 3.94. The maximum Gasteiger partial charge on any atom is 0.311 e. The van der Waals surface area contributed by atoms with Crippen LogP contribution in [-0.4, -0.2) is 29.3 Å². The van der Waals surface area contributed by atoms with Crippen LogP contribution in [0.25, 0.3) is 0 Å². The number of phenolic OH excluding ortho intramolecular Hbond substituents is 1. The Morgan fingerprint density at radius 2 is 1.74 bits per heavy atom. The molecular formula is C25H33NO4S. The predicted molar refractivity (Wildman–Crippen MR) is 126 cm³/mol. The molecule has 0 radical (unpaired) electrons. The molecule has 2 aromatic rings. The van der Waals surface area contributed by atoms with Gasteiger partial charge in [0.05, 0.1) is 4.90 Å². The van der Waals surface area contributed by atoms with E-state index in [1.165, 1.54) is 6.42 Å². The number of amides is 1. The average molecular weight is 444 g/mol. The molecule has 5 nitrogen and oxygen atoms in total. The topological polar surface area (TPSA) is 75.6 Å². The SMILES string of the molecule is CCCCCSc1ccc(C(=O)NCCc2ccc(O)cc2)cc1OC(=O)CCCC. The highest BCUT2D eigenvalue weighted by molar-refractivity contribution is 7.99. The summed E-state index contributed by atoms with van der Waals surface area (Å²) in [6, 6.07) is 12.2. The van der Waals surface area contributed by atoms with Gasteiger partial charge in [0.15, 0.2) is 0 Å². The first-order chi connectivity index (χ1) is 15.0. The first-order valence-corrected chi connectivity index (χ1v) is 12.1. The quantitative estimate of drug-likeness (QED) is 0.179. The summed E-state index contributed by atoms with van der Waals surface area (Å²) in [5, 5.41) is 12.3. The van der Waals surface area contributed by atoms with E-state index in [2.05, 4.69) is 12.2 Å². The number of hydrogen-bond acceptors (Lipinski definition) is 5. The number of ether oxygens (including phenoxy) is 1. The fraction of sp³-hybridized carbons (Fsp3) is 0.440. The molecule has 1 amide bonds. The van der Waals surface area contributed by atoms with E-state index >= 15 is 0 Å². The first-order valence-electron chi connectivity index (χ1n) is 11.1. The van der Waals surface area contributed by atoms with Crippen LogP contribution >= 0.6 is 11.8 Å². The Balaban J connectivity index is 2.01. The van der Waals surface area contributed by atoms with Crippen molar-refractivity contribution in [2.24, 2.45) is 0 Å². The van der Waals surface area contributed by atoms with Gasteiger partial charge >= 0.3 is 5.97 Å². The molecule has 31 heavy (non-hydrogen) atoms. The number of benzene rings is 2. The number of carbonyl (C=O) groups is 2. The number of carbonyl (C=O) groups excluding carboxylic acids is 2. The van der Waals surface area contributed by atoms with Crippen LogP contribution in [0.1, 0.15) is 68.3 Å². The van der Waals surface area contributed by atoms with E-state index in [-0.39, 0.29) is 17.6 Å². The first kappa shape index (κ1) is 24.8. The van der Waals surface area contributed by atoms with E-state index in [1.54, 1.807) is 36.0 Å². The molecule has 0 unspecified atom stereocenters. The lowest BCUT2D eigenvalue weighted by atomic mass is 10.1. The molecule has 2 N–H and O–H groups in total. The van der Waals surface area contributed by atoms with Crippen molar-refractivity contribution < 1.29 is 19.4 Å². The second kappa shape index (κ2) is 13.8. The number of hydrogen-bond donors (Lipinski definition) is 2. The molecule has 0 saturated carbocycles. The van der Waals surface area contributed by atoms with E-state index in [0.29, 0.717) is 30.7 Å². The zero-order valence-electron chi connectivity index (χ0n) is 18.5. The van der Waals surface area contributed by atoms with Gasteiger partial charge in [-0.1, -0.05) is 45.2 Å². The van der Waals surface area contributed by atoms with Gasteiger partial charge in [0.1, 0.15) is 11.5 Å².